The first-order valence-corrected chi connectivity index (χ1v) is 15.5. The van der Waals surface area contributed by atoms with E-state index < -0.39 is 5.97 Å². The Kier molecular flexibility index (Phi) is 5.96. The third-order valence-corrected chi connectivity index (χ3v) is 14.0. The molecule has 1 aromatic rings. The van der Waals surface area contributed by atoms with Gasteiger partial charge in [0.05, 0.1) is 5.56 Å². The van der Waals surface area contributed by atoms with Gasteiger partial charge in [0.25, 0.3) is 0 Å². The maximum absolute atomic E-state index is 12.8. The van der Waals surface area contributed by atoms with Crippen molar-refractivity contribution >= 4 is 17.3 Å². The minimum Gasteiger partial charge on any atom is -0.478 e. The number of ketones is 1. The second-order valence-electron chi connectivity index (χ2n) is 15.6. The normalized spacial score (nSPS) is 46.2. The van der Waals surface area contributed by atoms with Gasteiger partial charge in [-0.25, -0.2) is 4.79 Å². The molecule has 0 heterocycles. The molecule has 0 saturated heterocycles. The zero-order valence-corrected chi connectivity index (χ0v) is 25.0. The van der Waals surface area contributed by atoms with Crippen molar-refractivity contribution < 1.29 is 14.7 Å². The van der Waals surface area contributed by atoms with E-state index in [0.29, 0.717) is 35.0 Å². The molecule has 5 aliphatic carbocycles. The lowest BCUT2D eigenvalue weighted by Crippen LogP contribution is -2.67. The number of hydrogen-bond donors (Lipinski definition) is 2. The second-order valence-corrected chi connectivity index (χ2v) is 15.6. The molecule has 0 amide bonds. The standard InChI is InChI=1S/C35H49NO3/c1-21(37)24-13-18-35(36)20-19-33(5)26(29(24)35)11-12-28-32(4)16-14-25(22-7-9-23(10-8-22)30(38)39)31(2,3)27(32)15-17-34(28,33)6/h7-10,14,24,26-29H,11-13,15-20,36H2,1-6H3,(H,38,39)/t24-,26+,27-,28+,29+,32-,33+,34+,35-/m0/s1. The zero-order valence-electron chi connectivity index (χ0n) is 25.0. The molecule has 5 aliphatic rings. The Morgan fingerprint density at radius 2 is 1.54 bits per heavy atom. The van der Waals surface area contributed by atoms with Crippen LogP contribution in [0.1, 0.15) is 115 Å². The number of carboxylic acid groups (broad SMARTS) is 1. The molecule has 3 N–H and O–H groups in total. The van der Waals surface area contributed by atoms with E-state index in [1.807, 2.05) is 19.1 Å². The SMILES string of the molecule is CC(=O)[C@@H]1CC[C@]2(N)CC[C@]3(C)[C@H](CC[C@@H]4[C@@]5(C)CC=C(c6ccc(C(=O)O)cc6)C(C)(C)[C@@H]5CC[C@]43C)[C@@H]12. The van der Waals surface area contributed by atoms with Crippen LogP contribution in [-0.4, -0.2) is 22.4 Å². The van der Waals surface area contributed by atoms with Crippen molar-refractivity contribution in [2.24, 2.45) is 57.0 Å². The topological polar surface area (TPSA) is 80.4 Å². The van der Waals surface area contributed by atoms with Gasteiger partial charge in [-0.15, -0.1) is 0 Å². The first-order valence-electron chi connectivity index (χ1n) is 15.5. The number of Topliss-reactive ketones (excluding diaryl/α,β-unsaturated/α-hetero) is 1. The van der Waals surface area contributed by atoms with Crippen molar-refractivity contribution in [3.05, 3.63) is 41.5 Å². The largest absolute Gasteiger partial charge is 0.478 e. The fraction of sp³-hybridized carbons (Fsp3) is 0.714. The summed E-state index contributed by atoms with van der Waals surface area (Å²) >= 11 is 0. The highest BCUT2D eigenvalue weighted by atomic mass is 16.4. The lowest BCUT2D eigenvalue weighted by Gasteiger charge is -2.72. The van der Waals surface area contributed by atoms with Crippen LogP contribution in [0.3, 0.4) is 0 Å². The van der Waals surface area contributed by atoms with Gasteiger partial charge < -0.3 is 10.8 Å². The number of carbonyl (C=O) groups is 2. The Morgan fingerprint density at radius 3 is 2.18 bits per heavy atom. The van der Waals surface area contributed by atoms with Gasteiger partial charge in [-0.05, 0) is 133 Å². The third kappa shape index (κ3) is 3.52. The summed E-state index contributed by atoms with van der Waals surface area (Å²) in [6, 6.07) is 7.51. The minimum absolute atomic E-state index is 0.0149. The first kappa shape index (κ1) is 27.2. The average Bonchev–Trinajstić information content (AvgIpc) is 3.22. The summed E-state index contributed by atoms with van der Waals surface area (Å²) in [4.78, 5) is 24.2. The van der Waals surface area contributed by atoms with Crippen LogP contribution in [-0.2, 0) is 4.79 Å². The molecule has 0 aromatic heterocycles. The maximum Gasteiger partial charge on any atom is 0.335 e. The Morgan fingerprint density at radius 1 is 0.846 bits per heavy atom. The number of carbonyl (C=O) groups excluding carboxylic acids is 1. The maximum atomic E-state index is 12.8. The van der Waals surface area contributed by atoms with E-state index in [0.717, 1.165) is 25.7 Å². The van der Waals surface area contributed by atoms with Gasteiger partial charge in [0.15, 0.2) is 0 Å². The summed E-state index contributed by atoms with van der Waals surface area (Å²) in [5.74, 6) is 1.77. The van der Waals surface area contributed by atoms with Gasteiger partial charge in [0.1, 0.15) is 5.78 Å². The highest BCUT2D eigenvalue weighted by molar-refractivity contribution is 5.88. The van der Waals surface area contributed by atoms with Gasteiger partial charge in [-0.2, -0.15) is 0 Å². The molecule has 0 aliphatic heterocycles. The fourth-order valence-electron chi connectivity index (χ4n) is 12.0. The lowest BCUT2D eigenvalue weighted by molar-refractivity contribution is -0.218. The number of hydrogen-bond acceptors (Lipinski definition) is 3. The molecule has 0 spiro atoms. The van der Waals surface area contributed by atoms with Gasteiger partial charge in [-0.1, -0.05) is 52.8 Å². The Hall–Kier alpha value is -1.94. The van der Waals surface area contributed by atoms with Crippen LogP contribution in [0.2, 0.25) is 0 Å². The fourth-order valence-corrected chi connectivity index (χ4v) is 12.0. The molecule has 0 bridgehead atoms. The average molecular weight is 532 g/mol. The van der Waals surface area contributed by atoms with Crippen LogP contribution in [0, 0.1) is 51.2 Å². The summed E-state index contributed by atoms with van der Waals surface area (Å²) in [5, 5.41) is 9.38. The van der Waals surface area contributed by atoms with E-state index in [4.69, 9.17) is 5.73 Å². The highest BCUT2D eigenvalue weighted by Gasteiger charge is 2.70. The van der Waals surface area contributed by atoms with Crippen molar-refractivity contribution in [1.82, 2.24) is 0 Å². The van der Waals surface area contributed by atoms with E-state index in [9.17, 15) is 14.7 Å². The quantitative estimate of drug-likeness (QED) is 0.418. The molecule has 39 heavy (non-hydrogen) atoms. The molecular weight excluding hydrogens is 482 g/mol. The molecule has 4 nitrogen and oxygen atoms in total. The van der Waals surface area contributed by atoms with Crippen molar-refractivity contribution in [1.29, 1.82) is 0 Å². The van der Waals surface area contributed by atoms with Crippen molar-refractivity contribution in [2.45, 2.75) is 105 Å². The van der Waals surface area contributed by atoms with E-state index in [-0.39, 0.29) is 33.1 Å². The predicted molar refractivity (Wildman–Crippen MR) is 156 cm³/mol. The number of benzene rings is 1. The molecule has 0 unspecified atom stereocenters. The molecule has 6 rings (SSSR count). The molecule has 4 heteroatoms. The third-order valence-electron chi connectivity index (χ3n) is 14.0. The van der Waals surface area contributed by atoms with Crippen LogP contribution in [0.15, 0.2) is 30.3 Å². The van der Waals surface area contributed by atoms with E-state index >= 15 is 0 Å². The van der Waals surface area contributed by atoms with Crippen LogP contribution in [0.25, 0.3) is 5.57 Å². The Bertz CT molecular complexity index is 1230. The predicted octanol–water partition coefficient (Wildman–Crippen LogP) is 7.76. The van der Waals surface area contributed by atoms with Crippen LogP contribution in [0.4, 0.5) is 0 Å². The van der Waals surface area contributed by atoms with Gasteiger partial charge in [0.2, 0.25) is 0 Å². The summed E-state index contributed by atoms with van der Waals surface area (Å²) in [7, 11) is 0. The summed E-state index contributed by atoms with van der Waals surface area (Å²) in [6.07, 6.45) is 12.8. The molecule has 4 saturated carbocycles. The van der Waals surface area contributed by atoms with Crippen LogP contribution >= 0.6 is 0 Å². The van der Waals surface area contributed by atoms with Crippen molar-refractivity contribution in [3.8, 4) is 0 Å². The van der Waals surface area contributed by atoms with E-state index in [1.165, 1.54) is 43.2 Å². The molecule has 4 fully saturated rings. The van der Waals surface area contributed by atoms with Crippen molar-refractivity contribution in [3.63, 3.8) is 0 Å². The smallest absolute Gasteiger partial charge is 0.335 e. The number of allylic oxidation sites excluding steroid dienone is 2. The van der Waals surface area contributed by atoms with Crippen molar-refractivity contribution in [2.75, 3.05) is 0 Å². The van der Waals surface area contributed by atoms with Gasteiger partial charge in [-0.3, -0.25) is 4.79 Å². The van der Waals surface area contributed by atoms with Gasteiger partial charge >= 0.3 is 5.97 Å². The second kappa shape index (κ2) is 8.54. The van der Waals surface area contributed by atoms with E-state index in [2.05, 4.69) is 40.7 Å². The van der Waals surface area contributed by atoms with Crippen LogP contribution < -0.4 is 5.73 Å². The molecule has 0 radical (unpaired) electrons. The first-order chi connectivity index (χ1) is 18.2. The summed E-state index contributed by atoms with van der Waals surface area (Å²) in [5.41, 5.74) is 10.6. The molecule has 1 aromatic carbocycles. The minimum atomic E-state index is -0.872. The number of carboxylic acids is 1. The lowest BCUT2D eigenvalue weighted by atomic mass is 9.33. The molecule has 212 valence electrons. The monoisotopic (exact) mass is 531 g/mol. The molecule has 9 atom stereocenters. The number of aromatic carboxylic acids is 1. The van der Waals surface area contributed by atoms with E-state index in [1.54, 1.807) is 12.1 Å². The number of nitrogens with two attached hydrogens (primary N) is 1. The zero-order chi connectivity index (χ0) is 28.2. The number of fused-ring (bicyclic) bond motifs is 7. The Balaban J connectivity index is 1.36. The number of rotatable bonds is 3. The van der Waals surface area contributed by atoms with Crippen LogP contribution in [0.5, 0.6) is 0 Å². The highest BCUT2D eigenvalue weighted by Crippen LogP contribution is 2.76. The summed E-state index contributed by atoms with van der Waals surface area (Å²) < 4.78 is 0. The Labute approximate surface area is 235 Å². The summed E-state index contributed by atoms with van der Waals surface area (Å²) in [6.45, 7) is 14.5. The molecular formula is C35H49NO3. The van der Waals surface area contributed by atoms with Gasteiger partial charge in [0, 0.05) is 11.5 Å².